The van der Waals surface area contributed by atoms with Crippen molar-refractivity contribution in [1.82, 2.24) is 15.5 Å². The lowest BCUT2D eigenvalue weighted by molar-refractivity contribution is 0.100. The fourth-order valence-electron chi connectivity index (χ4n) is 2.75. The maximum absolute atomic E-state index is 11.1. The number of aromatic amines is 1. The number of rotatable bonds is 7. The van der Waals surface area contributed by atoms with Gasteiger partial charge in [-0.3, -0.25) is 9.89 Å². The summed E-state index contributed by atoms with van der Waals surface area (Å²) in [6.45, 7) is 2.94. The van der Waals surface area contributed by atoms with Crippen LogP contribution in [0.1, 0.15) is 35.0 Å². The summed E-state index contributed by atoms with van der Waals surface area (Å²) in [5.74, 6) is -0.394. The lowest BCUT2D eigenvalue weighted by Gasteiger charge is -2.13. The number of hydrogen-bond acceptors (Lipinski definition) is 3. The van der Waals surface area contributed by atoms with Crippen molar-refractivity contribution in [3.8, 4) is 0 Å². The quantitative estimate of drug-likeness (QED) is 0.625. The van der Waals surface area contributed by atoms with Crippen LogP contribution in [0.5, 0.6) is 0 Å². The number of carbonyl (C=O) groups is 1. The van der Waals surface area contributed by atoms with Crippen molar-refractivity contribution in [2.24, 2.45) is 5.73 Å². The highest BCUT2D eigenvalue weighted by Gasteiger charge is 2.08. The number of primary amides is 1. The Balaban J connectivity index is 1.50. The summed E-state index contributed by atoms with van der Waals surface area (Å²) in [4.78, 5) is 11.1. The molecule has 0 aliphatic heterocycles. The van der Waals surface area contributed by atoms with Crippen LogP contribution in [0.2, 0.25) is 0 Å². The van der Waals surface area contributed by atoms with E-state index in [0.29, 0.717) is 11.6 Å². The molecule has 2 aromatic carbocycles. The molecule has 1 unspecified atom stereocenters. The van der Waals surface area contributed by atoms with Gasteiger partial charge in [-0.15, -0.1) is 0 Å². The fourth-order valence-corrected chi connectivity index (χ4v) is 2.75. The number of carbonyl (C=O) groups excluding carboxylic acids is 1. The Morgan fingerprint density at radius 3 is 2.71 bits per heavy atom. The SMILES string of the molecule is CC(CCc1[nH]nc2ccccc12)NCc1ccc(C(N)=O)cc1. The van der Waals surface area contributed by atoms with Gasteiger partial charge in [0.2, 0.25) is 5.91 Å². The van der Waals surface area contributed by atoms with Crippen molar-refractivity contribution in [3.05, 3.63) is 65.4 Å². The number of nitrogens with zero attached hydrogens (tertiary/aromatic N) is 1. The van der Waals surface area contributed by atoms with Crippen molar-refractivity contribution in [1.29, 1.82) is 0 Å². The molecule has 0 saturated heterocycles. The van der Waals surface area contributed by atoms with Gasteiger partial charge < -0.3 is 11.1 Å². The molecule has 124 valence electrons. The highest BCUT2D eigenvalue weighted by molar-refractivity contribution is 5.92. The number of aryl methyl sites for hydroxylation is 1. The van der Waals surface area contributed by atoms with Crippen molar-refractivity contribution in [2.45, 2.75) is 32.4 Å². The van der Waals surface area contributed by atoms with Gasteiger partial charge in [-0.1, -0.05) is 30.3 Å². The van der Waals surface area contributed by atoms with Gasteiger partial charge in [0.05, 0.1) is 5.52 Å². The average molecular weight is 322 g/mol. The van der Waals surface area contributed by atoms with Gasteiger partial charge in [-0.2, -0.15) is 5.10 Å². The zero-order valence-electron chi connectivity index (χ0n) is 13.8. The fraction of sp³-hybridized carbons (Fsp3) is 0.263. The Hall–Kier alpha value is -2.66. The largest absolute Gasteiger partial charge is 0.366 e. The molecule has 0 aliphatic rings. The number of hydrogen-bond donors (Lipinski definition) is 3. The van der Waals surface area contributed by atoms with E-state index in [1.165, 1.54) is 11.1 Å². The highest BCUT2D eigenvalue weighted by atomic mass is 16.1. The summed E-state index contributed by atoms with van der Waals surface area (Å²) in [7, 11) is 0. The van der Waals surface area contributed by atoms with Crippen LogP contribution in [-0.4, -0.2) is 22.1 Å². The Labute approximate surface area is 141 Å². The van der Waals surface area contributed by atoms with Crippen molar-refractivity contribution >= 4 is 16.8 Å². The Kier molecular flexibility index (Phi) is 4.91. The van der Waals surface area contributed by atoms with Gasteiger partial charge in [-0.05, 0) is 43.5 Å². The predicted molar refractivity (Wildman–Crippen MR) is 95.7 cm³/mol. The Morgan fingerprint density at radius 2 is 1.96 bits per heavy atom. The maximum Gasteiger partial charge on any atom is 0.248 e. The predicted octanol–water partition coefficient (Wildman–Crippen LogP) is 2.77. The minimum atomic E-state index is -0.394. The minimum absolute atomic E-state index is 0.378. The number of nitrogens with one attached hydrogen (secondary N) is 2. The van der Waals surface area contributed by atoms with Gasteiger partial charge in [0.15, 0.2) is 0 Å². The number of aromatic nitrogens is 2. The number of amides is 1. The van der Waals surface area contributed by atoms with Gasteiger partial charge in [0.25, 0.3) is 0 Å². The number of para-hydroxylation sites is 1. The van der Waals surface area contributed by atoms with Crippen LogP contribution in [0.25, 0.3) is 10.9 Å². The molecule has 0 saturated carbocycles. The zero-order chi connectivity index (χ0) is 16.9. The van der Waals surface area contributed by atoms with Crippen LogP contribution in [0.4, 0.5) is 0 Å². The third-order valence-corrected chi connectivity index (χ3v) is 4.26. The molecule has 5 nitrogen and oxygen atoms in total. The van der Waals surface area contributed by atoms with E-state index in [4.69, 9.17) is 5.73 Å². The molecule has 1 aromatic heterocycles. The molecule has 0 radical (unpaired) electrons. The molecular formula is C19H22N4O. The first kappa shape index (κ1) is 16.2. The van der Waals surface area contributed by atoms with Gasteiger partial charge in [0, 0.05) is 29.2 Å². The number of benzene rings is 2. The summed E-state index contributed by atoms with van der Waals surface area (Å²) in [6, 6.07) is 15.9. The normalized spacial score (nSPS) is 12.4. The molecule has 1 heterocycles. The smallest absolute Gasteiger partial charge is 0.248 e. The topological polar surface area (TPSA) is 83.8 Å². The van der Waals surface area contributed by atoms with E-state index >= 15 is 0 Å². The molecular weight excluding hydrogens is 300 g/mol. The molecule has 4 N–H and O–H groups in total. The van der Waals surface area contributed by atoms with Gasteiger partial charge >= 0.3 is 0 Å². The van der Waals surface area contributed by atoms with Crippen LogP contribution >= 0.6 is 0 Å². The first-order valence-electron chi connectivity index (χ1n) is 8.17. The average Bonchev–Trinajstić information content (AvgIpc) is 3.01. The lowest BCUT2D eigenvalue weighted by atomic mass is 10.1. The van der Waals surface area contributed by atoms with Crippen molar-refractivity contribution in [3.63, 3.8) is 0 Å². The standard InChI is InChI=1S/C19H22N4O/c1-13(21-12-14-7-9-15(10-8-14)19(20)24)6-11-18-16-4-2-3-5-17(16)22-23-18/h2-5,7-10,13,21H,6,11-12H2,1H3,(H2,20,24)(H,22,23). The number of H-pyrrole nitrogens is 1. The molecule has 3 rings (SSSR count). The third kappa shape index (κ3) is 3.81. The van der Waals surface area contributed by atoms with Crippen molar-refractivity contribution in [2.75, 3.05) is 0 Å². The van der Waals surface area contributed by atoms with E-state index < -0.39 is 5.91 Å². The van der Waals surface area contributed by atoms with Crippen LogP contribution in [0.3, 0.4) is 0 Å². The molecule has 0 aliphatic carbocycles. The Bertz CT molecular complexity index is 823. The molecule has 0 bridgehead atoms. The van der Waals surface area contributed by atoms with Crippen LogP contribution in [-0.2, 0) is 13.0 Å². The van der Waals surface area contributed by atoms with Gasteiger partial charge in [-0.25, -0.2) is 0 Å². The number of nitrogens with two attached hydrogens (primary N) is 1. The summed E-state index contributed by atoms with van der Waals surface area (Å²) in [5.41, 5.74) is 9.13. The molecule has 24 heavy (non-hydrogen) atoms. The van der Waals surface area contributed by atoms with E-state index in [1.54, 1.807) is 12.1 Å². The maximum atomic E-state index is 11.1. The summed E-state index contributed by atoms with van der Waals surface area (Å²) in [6.07, 6.45) is 1.97. The van der Waals surface area contributed by atoms with Crippen LogP contribution < -0.4 is 11.1 Å². The van der Waals surface area contributed by atoms with E-state index in [0.717, 1.165) is 30.5 Å². The molecule has 0 fully saturated rings. The Morgan fingerprint density at radius 1 is 1.21 bits per heavy atom. The van der Waals surface area contributed by atoms with E-state index in [1.807, 2.05) is 30.3 Å². The third-order valence-electron chi connectivity index (χ3n) is 4.26. The highest BCUT2D eigenvalue weighted by Crippen LogP contribution is 2.17. The minimum Gasteiger partial charge on any atom is -0.366 e. The molecule has 1 amide bonds. The first-order chi connectivity index (χ1) is 11.6. The van der Waals surface area contributed by atoms with Crippen LogP contribution in [0, 0.1) is 0 Å². The van der Waals surface area contributed by atoms with Crippen LogP contribution in [0.15, 0.2) is 48.5 Å². The molecule has 0 spiro atoms. The lowest BCUT2D eigenvalue weighted by Crippen LogP contribution is -2.26. The van der Waals surface area contributed by atoms with E-state index in [9.17, 15) is 4.79 Å². The summed E-state index contributed by atoms with van der Waals surface area (Å²) in [5, 5.41) is 12.2. The molecule has 1 atom stereocenters. The second kappa shape index (κ2) is 7.27. The monoisotopic (exact) mass is 322 g/mol. The molecule has 3 aromatic rings. The van der Waals surface area contributed by atoms with Crippen molar-refractivity contribution < 1.29 is 4.79 Å². The second-order valence-corrected chi connectivity index (χ2v) is 6.10. The summed E-state index contributed by atoms with van der Waals surface area (Å²) < 4.78 is 0. The first-order valence-corrected chi connectivity index (χ1v) is 8.17. The second-order valence-electron chi connectivity index (χ2n) is 6.10. The van der Waals surface area contributed by atoms with E-state index in [2.05, 4.69) is 28.5 Å². The number of fused-ring (bicyclic) bond motifs is 1. The zero-order valence-corrected chi connectivity index (χ0v) is 13.8. The summed E-state index contributed by atoms with van der Waals surface area (Å²) >= 11 is 0. The molecule has 5 heteroatoms. The van der Waals surface area contributed by atoms with Gasteiger partial charge in [0.1, 0.15) is 0 Å². The van der Waals surface area contributed by atoms with E-state index in [-0.39, 0.29) is 0 Å².